The summed E-state index contributed by atoms with van der Waals surface area (Å²) < 4.78 is 0. The van der Waals surface area contributed by atoms with Crippen molar-refractivity contribution in [2.45, 2.75) is 45.7 Å². The summed E-state index contributed by atoms with van der Waals surface area (Å²) in [4.78, 5) is 20.8. The number of hydrogen-bond acceptors (Lipinski definition) is 3. The molecule has 2 heterocycles. The average molecular weight is 251 g/mol. The van der Waals surface area contributed by atoms with Gasteiger partial charge in [0.2, 0.25) is 0 Å². The van der Waals surface area contributed by atoms with Crippen LogP contribution in [0.2, 0.25) is 0 Å². The van der Waals surface area contributed by atoms with Gasteiger partial charge >= 0.3 is 5.97 Å². The van der Waals surface area contributed by atoms with Gasteiger partial charge in [0.05, 0.1) is 17.7 Å². The van der Waals surface area contributed by atoms with Crippen molar-refractivity contribution < 1.29 is 9.90 Å². The summed E-state index contributed by atoms with van der Waals surface area (Å²) in [6.45, 7) is 5.84. The minimum absolute atomic E-state index is 0.429. The van der Waals surface area contributed by atoms with Gasteiger partial charge in [0.15, 0.2) is 0 Å². The number of aliphatic carboxylic acids is 1. The van der Waals surface area contributed by atoms with Gasteiger partial charge in [-0.2, -0.15) is 0 Å². The summed E-state index contributed by atoms with van der Waals surface area (Å²) in [5.74, 6) is -0.175. The van der Waals surface area contributed by atoms with Crippen molar-refractivity contribution in [2.24, 2.45) is 5.92 Å². The number of carbonyl (C=O) groups is 1. The molecule has 1 aromatic rings. The summed E-state index contributed by atoms with van der Waals surface area (Å²) in [6.07, 6.45) is 4.35. The van der Waals surface area contributed by atoms with Crippen LogP contribution in [0.1, 0.15) is 38.1 Å². The normalized spacial score (nSPS) is 20.1. The number of aromatic nitrogens is 2. The molecular formula is C13H21N3O2. The van der Waals surface area contributed by atoms with Crippen molar-refractivity contribution in [3.63, 3.8) is 0 Å². The van der Waals surface area contributed by atoms with Gasteiger partial charge in [0.25, 0.3) is 0 Å². The summed E-state index contributed by atoms with van der Waals surface area (Å²) in [5, 5.41) is 9.35. The van der Waals surface area contributed by atoms with Gasteiger partial charge in [0, 0.05) is 19.5 Å². The lowest BCUT2D eigenvalue weighted by Crippen LogP contribution is -2.47. The molecule has 1 aromatic heterocycles. The van der Waals surface area contributed by atoms with Crippen molar-refractivity contribution in [1.82, 2.24) is 14.9 Å². The molecule has 5 heteroatoms. The highest BCUT2D eigenvalue weighted by molar-refractivity contribution is 5.74. The van der Waals surface area contributed by atoms with E-state index in [4.69, 9.17) is 0 Å². The van der Waals surface area contributed by atoms with E-state index in [9.17, 15) is 9.90 Å². The Labute approximate surface area is 107 Å². The zero-order valence-electron chi connectivity index (χ0n) is 11.0. The number of imidazole rings is 1. The van der Waals surface area contributed by atoms with Gasteiger partial charge in [-0.1, -0.05) is 26.7 Å². The van der Waals surface area contributed by atoms with Crippen LogP contribution in [-0.2, 0) is 17.8 Å². The lowest BCUT2D eigenvalue weighted by molar-refractivity contribution is -0.144. The molecule has 0 bridgehead atoms. The Kier molecular flexibility index (Phi) is 4.01. The van der Waals surface area contributed by atoms with Crippen LogP contribution in [0.15, 0.2) is 6.33 Å². The molecule has 0 unspecified atom stereocenters. The summed E-state index contributed by atoms with van der Waals surface area (Å²) >= 11 is 0. The number of carboxylic acids is 1. The first kappa shape index (κ1) is 13.1. The Bertz CT molecular complexity index is 412. The summed E-state index contributed by atoms with van der Waals surface area (Å²) in [6, 6.07) is -0.429. The first-order chi connectivity index (χ1) is 8.65. The number of H-pyrrole nitrogens is 1. The molecular weight excluding hydrogens is 230 g/mol. The maximum atomic E-state index is 11.4. The van der Waals surface area contributed by atoms with E-state index in [2.05, 4.69) is 28.7 Å². The molecule has 2 N–H and O–H groups in total. The second kappa shape index (κ2) is 5.52. The van der Waals surface area contributed by atoms with Crippen molar-refractivity contribution in [3.8, 4) is 0 Å². The Hall–Kier alpha value is -1.36. The first-order valence-corrected chi connectivity index (χ1v) is 6.63. The highest BCUT2D eigenvalue weighted by atomic mass is 16.4. The zero-order valence-corrected chi connectivity index (χ0v) is 11.0. The van der Waals surface area contributed by atoms with Crippen LogP contribution >= 0.6 is 0 Å². The minimum atomic E-state index is -0.741. The van der Waals surface area contributed by atoms with Crippen LogP contribution in [0.25, 0.3) is 0 Å². The van der Waals surface area contributed by atoms with Gasteiger partial charge in [-0.3, -0.25) is 9.69 Å². The quantitative estimate of drug-likeness (QED) is 0.835. The number of rotatable bonds is 5. The monoisotopic (exact) mass is 251 g/mol. The van der Waals surface area contributed by atoms with E-state index in [1.165, 1.54) is 0 Å². The number of nitrogens with zero attached hydrogens (tertiary/aromatic N) is 2. The molecule has 0 spiro atoms. The maximum absolute atomic E-state index is 11.4. The second-order valence-electron chi connectivity index (χ2n) is 5.00. The van der Waals surface area contributed by atoms with E-state index in [-0.39, 0.29) is 0 Å². The number of fused-ring (bicyclic) bond motifs is 1. The van der Waals surface area contributed by atoms with Gasteiger partial charge in [0.1, 0.15) is 6.04 Å². The molecule has 100 valence electrons. The number of carboxylic acid groups (broad SMARTS) is 1. The molecule has 0 aromatic carbocycles. The summed E-state index contributed by atoms with van der Waals surface area (Å²) in [7, 11) is 0. The van der Waals surface area contributed by atoms with Crippen molar-refractivity contribution in [1.29, 1.82) is 0 Å². The fourth-order valence-electron chi connectivity index (χ4n) is 2.60. The third kappa shape index (κ3) is 2.56. The zero-order chi connectivity index (χ0) is 13.1. The third-order valence-corrected chi connectivity index (χ3v) is 3.93. The number of hydrogen-bond donors (Lipinski definition) is 2. The molecule has 0 saturated carbocycles. The van der Waals surface area contributed by atoms with Crippen LogP contribution in [0, 0.1) is 5.92 Å². The molecule has 1 aliphatic heterocycles. The molecule has 18 heavy (non-hydrogen) atoms. The minimum Gasteiger partial charge on any atom is -0.480 e. The molecule has 0 amide bonds. The smallest absolute Gasteiger partial charge is 0.321 e. The Morgan fingerprint density at radius 1 is 1.61 bits per heavy atom. The lowest BCUT2D eigenvalue weighted by Gasteiger charge is -2.34. The van der Waals surface area contributed by atoms with Gasteiger partial charge in [-0.05, 0) is 5.92 Å². The van der Waals surface area contributed by atoms with E-state index in [0.717, 1.165) is 30.8 Å². The third-order valence-electron chi connectivity index (χ3n) is 3.93. The summed E-state index contributed by atoms with van der Waals surface area (Å²) in [5.41, 5.74) is 1.97. The molecule has 0 radical (unpaired) electrons. The molecule has 5 nitrogen and oxygen atoms in total. The second-order valence-corrected chi connectivity index (χ2v) is 5.00. The van der Waals surface area contributed by atoms with E-state index < -0.39 is 12.0 Å². The van der Waals surface area contributed by atoms with E-state index >= 15 is 0 Å². The average Bonchev–Trinajstić information content (AvgIpc) is 2.81. The van der Waals surface area contributed by atoms with Crippen LogP contribution < -0.4 is 0 Å². The van der Waals surface area contributed by atoms with Crippen LogP contribution in [0.5, 0.6) is 0 Å². The number of nitrogens with one attached hydrogen (secondary N) is 1. The topological polar surface area (TPSA) is 69.2 Å². The molecule has 0 aliphatic carbocycles. The van der Waals surface area contributed by atoms with E-state index in [0.29, 0.717) is 18.9 Å². The largest absolute Gasteiger partial charge is 0.480 e. The predicted molar refractivity (Wildman–Crippen MR) is 68.2 cm³/mol. The molecule has 0 saturated heterocycles. The van der Waals surface area contributed by atoms with Crippen molar-refractivity contribution in [2.75, 3.05) is 6.54 Å². The SMILES string of the molecule is CCC(CC)CN1Cc2[nH]cnc2C[C@H]1C(=O)O. The fraction of sp³-hybridized carbons (Fsp3) is 0.692. The van der Waals surface area contributed by atoms with Crippen molar-refractivity contribution in [3.05, 3.63) is 17.7 Å². The first-order valence-electron chi connectivity index (χ1n) is 6.63. The standard InChI is InChI=1S/C13H21N3O2/c1-3-9(4-2)6-16-7-11-10(14-8-15-11)5-12(16)13(17)18/h8-9,12H,3-7H2,1-2H3,(H,14,15)(H,17,18)/t12-/m0/s1. The predicted octanol–water partition coefficient (Wildman–Crippen LogP) is 1.66. The maximum Gasteiger partial charge on any atom is 0.321 e. The number of aromatic amines is 1. The highest BCUT2D eigenvalue weighted by Crippen LogP contribution is 2.23. The van der Waals surface area contributed by atoms with Gasteiger partial charge < -0.3 is 10.1 Å². The Balaban J connectivity index is 2.14. The molecule has 1 aliphatic rings. The van der Waals surface area contributed by atoms with E-state index in [1.54, 1.807) is 6.33 Å². The van der Waals surface area contributed by atoms with Crippen LogP contribution in [0.4, 0.5) is 0 Å². The molecule has 1 atom stereocenters. The van der Waals surface area contributed by atoms with E-state index in [1.807, 2.05) is 0 Å². The fourth-order valence-corrected chi connectivity index (χ4v) is 2.60. The highest BCUT2D eigenvalue weighted by Gasteiger charge is 2.33. The Morgan fingerprint density at radius 3 is 2.94 bits per heavy atom. The van der Waals surface area contributed by atoms with Crippen LogP contribution in [-0.4, -0.2) is 38.5 Å². The van der Waals surface area contributed by atoms with Gasteiger partial charge in [-0.25, -0.2) is 4.98 Å². The molecule has 0 fully saturated rings. The molecule has 2 rings (SSSR count). The lowest BCUT2D eigenvalue weighted by atomic mass is 9.97. The van der Waals surface area contributed by atoms with Crippen molar-refractivity contribution >= 4 is 5.97 Å². The van der Waals surface area contributed by atoms with Gasteiger partial charge in [-0.15, -0.1) is 0 Å². The Morgan fingerprint density at radius 2 is 2.33 bits per heavy atom. The van der Waals surface area contributed by atoms with Crippen LogP contribution in [0.3, 0.4) is 0 Å².